The van der Waals surface area contributed by atoms with Gasteiger partial charge >= 0.3 is 5.97 Å². The molecule has 0 aromatic heterocycles. The molecule has 1 saturated heterocycles. The normalized spacial score (nSPS) is 23.2. The van der Waals surface area contributed by atoms with Gasteiger partial charge in [-0.25, -0.2) is 4.79 Å². The molecule has 1 aromatic rings. The van der Waals surface area contributed by atoms with Crippen molar-refractivity contribution in [2.75, 3.05) is 7.05 Å². The number of amidine groups is 1. The van der Waals surface area contributed by atoms with E-state index in [0.29, 0.717) is 11.4 Å². The minimum atomic E-state index is -0.527. The lowest BCUT2D eigenvalue weighted by Crippen LogP contribution is -2.56. The van der Waals surface area contributed by atoms with Crippen LogP contribution in [0.1, 0.15) is 37.6 Å². The van der Waals surface area contributed by atoms with Crippen molar-refractivity contribution in [3.8, 4) is 0 Å². The standard InChI is InChI=1S/C16H20N2O3/c1-11-13(19)10-14(18(4)16(11,2)3)17-21-15(20)12-8-6-5-7-9-12/h5-9,11H,10H2,1-4H3. The van der Waals surface area contributed by atoms with E-state index in [1.165, 1.54) is 0 Å². The van der Waals surface area contributed by atoms with Gasteiger partial charge in [0.2, 0.25) is 0 Å². The van der Waals surface area contributed by atoms with Crippen LogP contribution in [0, 0.1) is 5.92 Å². The molecule has 1 aliphatic rings. The summed E-state index contributed by atoms with van der Waals surface area (Å²) in [6, 6.07) is 8.64. The number of hydrogen-bond donors (Lipinski definition) is 0. The van der Waals surface area contributed by atoms with Gasteiger partial charge in [-0.3, -0.25) is 4.79 Å². The second kappa shape index (κ2) is 5.68. The summed E-state index contributed by atoms with van der Waals surface area (Å²) in [6.07, 6.45) is 0.184. The van der Waals surface area contributed by atoms with E-state index in [-0.39, 0.29) is 23.7 Å². The molecule has 0 N–H and O–H groups in total. The van der Waals surface area contributed by atoms with Crippen LogP contribution in [0.25, 0.3) is 0 Å². The Morgan fingerprint density at radius 2 is 1.95 bits per heavy atom. The van der Waals surface area contributed by atoms with E-state index in [9.17, 15) is 9.59 Å². The van der Waals surface area contributed by atoms with Crippen LogP contribution in [-0.2, 0) is 9.63 Å². The highest BCUT2D eigenvalue weighted by molar-refractivity contribution is 6.05. The monoisotopic (exact) mass is 288 g/mol. The van der Waals surface area contributed by atoms with Crippen LogP contribution in [0.3, 0.4) is 0 Å². The number of piperidine rings is 1. The van der Waals surface area contributed by atoms with E-state index >= 15 is 0 Å². The maximum Gasteiger partial charge on any atom is 0.365 e. The first-order valence-corrected chi connectivity index (χ1v) is 6.94. The lowest BCUT2D eigenvalue weighted by molar-refractivity contribution is -0.126. The molecule has 0 spiro atoms. The van der Waals surface area contributed by atoms with Gasteiger partial charge in [0.25, 0.3) is 0 Å². The number of hydrogen-bond acceptors (Lipinski definition) is 4. The Labute approximate surface area is 124 Å². The fourth-order valence-corrected chi connectivity index (χ4v) is 2.26. The predicted octanol–water partition coefficient (Wildman–Crippen LogP) is 2.48. The molecule has 2 rings (SSSR count). The molecular weight excluding hydrogens is 268 g/mol. The van der Waals surface area contributed by atoms with Gasteiger partial charge < -0.3 is 9.74 Å². The number of ketones is 1. The summed E-state index contributed by atoms with van der Waals surface area (Å²) in [6.45, 7) is 5.86. The third-order valence-electron chi connectivity index (χ3n) is 4.37. The van der Waals surface area contributed by atoms with Crippen molar-refractivity contribution in [1.29, 1.82) is 0 Å². The minimum absolute atomic E-state index is 0.0914. The average molecular weight is 288 g/mol. The molecular formula is C16H20N2O3. The third kappa shape index (κ3) is 2.96. The van der Waals surface area contributed by atoms with Crippen LogP contribution in [0.15, 0.2) is 35.5 Å². The van der Waals surface area contributed by atoms with Crippen LogP contribution in [0.4, 0.5) is 0 Å². The van der Waals surface area contributed by atoms with Crippen molar-refractivity contribution in [1.82, 2.24) is 4.90 Å². The number of likely N-dealkylation sites (tertiary alicyclic amines) is 1. The lowest BCUT2D eigenvalue weighted by atomic mass is 9.79. The molecule has 21 heavy (non-hydrogen) atoms. The van der Waals surface area contributed by atoms with Gasteiger partial charge in [-0.05, 0) is 26.0 Å². The summed E-state index contributed by atoms with van der Waals surface area (Å²) in [5.41, 5.74) is 0.0760. The molecule has 1 aromatic carbocycles. The first-order chi connectivity index (χ1) is 9.84. The van der Waals surface area contributed by atoms with E-state index in [1.54, 1.807) is 24.3 Å². The molecule has 0 aliphatic carbocycles. The van der Waals surface area contributed by atoms with E-state index in [0.717, 1.165) is 0 Å². The molecule has 5 nitrogen and oxygen atoms in total. The molecule has 0 amide bonds. The Balaban J connectivity index is 2.14. The fraction of sp³-hybridized carbons (Fsp3) is 0.438. The summed E-state index contributed by atoms with van der Waals surface area (Å²) in [4.78, 5) is 30.8. The van der Waals surface area contributed by atoms with Gasteiger partial charge in [0.05, 0.1) is 12.0 Å². The molecule has 1 heterocycles. The van der Waals surface area contributed by atoms with Crippen molar-refractivity contribution in [3.05, 3.63) is 35.9 Å². The van der Waals surface area contributed by atoms with Gasteiger partial charge in [0.1, 0.15) is 5.78 Å². The van der Waals surface area contributed by atoms with Crippen LogP contribution < -0.4 is 0 Å². The molecule has 112 valence electrons. The smallest absolute Gasteiger partial charge is 0.354 e. The number of nitrogens with zero attached hydrogens (tertiary/aromatic N) is 2. The number of Topliss-reactive ketones (excluding diaryl/α,β-unsaturated/α-hetero) is 1. The van der Waals surface area contributed by atoms with E-state index in [1.807, 2.05) is 38.8 Å². The molecule has 0 radical (unpaired) electrons. The Morgan fingerprint density at radius 3 is 2.57 bits per heavy atom. The van der Waals surface area contributed by atoms with Crippen molar-refractivity contribution >= 4 is 17.6 Å². The largest absolute Gasteiger partial charge is 0.365 e. The van der Waals surface area contributed by atoms with E-state index in [4.69, 9.17) is 4.84 Å². The first-order valence-electron chi connectivity index (χ1n) is 6.94. The zero-order valence-electron chi connectivity index (χ0n) is 12.8. The topological polar surface area (TPSA) is 59.0 Å². The highest BCUT2D eigenvalue weighted by Crippen LogP contribution is 2.30. The maximum absolute atomic E-state index is 12.0. The third-order valence-corrected chi connectivity index (χ3v) is 4.37. The van der Waals surface area contributed by atoms with Crippen LogP contribution >= 0.6 is 0 Å². The van der Waals surface area contributed by atoms with Gasteiger partial charge in [0.15, 0.2) is 5.84 Å². The highest BCUT2D eigenvalue weighted by Gasteiger charge is 2.42. The molecule has 1 fully saturated rings. The molecule has 1 unspecified atom stereocenters. The van der Waals surface area contributed by atoms with Crippen LogP contribution in [-0.4, -0.2) is 35.1 Å². The molecule has 0 saturated carbocycles. The van der Waals surface area contributed by atoms with Crippen molar-refractivity contribution in [3.63, 3.8) is 0 Å². The zero-order chi connectivity index (χ0) is 15.6. The van der Waals surface area contributed by atoms with Crippen LogP contribution in [0.5, 0.6) is 0 Å². The molecule has 1 aliphatic heterocycles. The van der Waals surface area contributed by atoms with Gasteiger partial charge in [-0.1, -0.05) is 30.3 Å². The number of benzene rings is 1. The Morgan fingerprint density at radius 1 is 1.33 bits per heavy atom. The SMILES string of the molecule is CC1C(=O)CC(=NOC(=O)c2ccccc2)N(C)C1(C)C. The van der Waals surface area contributed by atoms with Crippen molar-refractivity contribution < 1.29 is 14.4 Å². The molecule has 5 heteroatoms. The second-order valence-corrected chi connectivity index (χ2v) is 5.83. The summed E-state index contributed by atoms with van der Waals surface area (Å²) < 4.78 is 0. The van der Waals surface area contributed by atoms with E-state index in [2.05, 4.69) is 5.16 Å². The van der Waals surface area contributed by atoms with Gasteiger partial charge in [-0.2, -0.15) is 0 Å². The number of rotatable bonds is 2. The fourth-order valence-electron chi connectivity index (χ4n) is 2.26. The number of carbonyl (C=O) groups excluding carboxylic acids is 2. The second-order valence-electron chi connectivity index (χ2n) is 5.83. The number of oxime groups is 1. The predicted molar refractivity (Wildman–Crippen MR) is 79.9 cm³/mol. The molecule has 0 bridgehead atoms. The van der Waals surface area contributed by atoms with Gasteiger partial charge in [0, 0.05) is 18.5 Å². The zero-order valence-corrected chi connectivity index (χ0v) is 12.8. The maximum atomic E-state index is 12.0. The average Bonchev–Trinajstić information content (AvgIpc) is 2.48. The van der Waals surface area contributed by atoms with Crippen LogP contribution in [0.2, 0.25) is 0 Å². The van der Waals surface area contributed by atoms with E-state index < -0.39 is 5.97 Å². The van der Waals surface area contributed by atoms with Crippen molar-refractivity contribution in [2.24, 2.45) is 11.1 Å². The minimum Gasteiger partial charge on any atom is -0.354 e. The molecule has 1 atom stereocenters. The Kier molecular flexibility index (Phi) is 4.11. The Hall–Kier alpha value is -2.17. The summed E-state index contributed by atoms with van der Waals surface area (Å²) in [5.74, 6) is -0.0355. The first kappa shape index (κ1) is 15.2. The van der Waals surface area contributed by atoms with Crippen molar-refractivity contribution in [2.45, 2.75) is 32.7 Å². The summed E-state index contributed by atoms with van der Waals surface area (Å²) >= 11 is 0. The quantitative estimate of drug-likeness (QED) is 0.619. The highest BCUT2D eigenvalue weighted by atomic mass is 16.7. The summed E-state index contributed by atoms with van der Waals surface area (Å²) in [7, 11) is 1.86. The Bertz CT molecular complexity index is 578. The van der Waals surface area contributed by atoms with Gasteiger partial charge in [-0.15, -0.1) is 0 Å². The summed E-state index contributed by atoms with van der Waals surface area (Å²) in [5, 5.41) is 3.89. The number of carbonyl (C=O) groups is 2. The lowest BCUT2D eigenvalue weighted by Gasteiger charge is -2.45.